The molecule has 0 atom stereocenters. The molecule has 0 bridgehead atoms. The number of aromatic nitrogens is 3. The van der Waals surface area contributed by atoms with Gasteiger partial charge in [0.05, 0.1) is 5.69 Å². The molecule has 0 unspecified atom stereocenters. The van der Waals surface area contributed by atoms with Gasteiger partial charge in [-0.1, -0.05) is 6.07 Å². The van der Waals surface area contributed by atoms with E-state index in [1.165, 1.54) is 0 Å². The predicted octanol–water partition coefficient (Wildman–Crippen LogP) is 1.94. The van der Waals surface area contributed by atoms with Crippen LogP contribution < -0.4 is 5.73 Å². The summed E-state index contributed by atoms with van der Waals surface area (Å²) in [5.74, 6) is 0.530. The summed E-state index contributed by atoms with van der Waals surface area (Å²) in [6.45, 7) is 0. The first-order valence-electron chi connectivity index (χ1n) is 5.05. The Labute approximate surface area is 103 Å². The molecule has 2 rings (SSSR count). The summed E-state index contributed by atoms with van der Waals surface area (Å²) in [7, 11) is 1.92. The summed E-state index contributed by atoms with van der Waals surface area (Å²) in [4.78, 5) is 8.44. The Morgan fingerprint density at radius 3 is 2.75 bits per heavy atom. The molecule has 0 aliphatic carbocycles. The van der Waals surface area contributed by atoms with Crippen molar-refractivity contribution in [3.05, 3.63) is 40.4 Å². The van der Waals surface area contributed by atoms with Gasteiger partial charge in [0.2, 0.25) is 5.95 Å². The molecule has 5 heteroatoms. The molecule has 0 fully saturated rings. The van der Waals surface area contributed by atoms with Crippen LogP contribution in [0.3, 0.4) is 0 Å². The Kier molecular flexibility index (Phi) is 3.24. The van der Waals surface area contributed by atoms with Crippen LogP contribution in [-0.2, 0) is 19.9 Å². The first-order valence-corrected chi connectivity index (χ1v) is 5.84. The second kappa shape index (κ2) is 4.65. The van der Waals surface area contributed by atoms with Crippen LogP contribution in [0, 0.1) is 0 Å². The van der Waals surface area contributed by atoms with Gasteiger partial charge >= 0.3 is 0 Å². The standard InChI is InChI=1S/C11H13BrN4/c1-16-9(10(12)15-11(16)13)6-5-8-4-2-3-7-14-8/h2-4,7H,5-6H2,1H3,(H2,13,15). The van der Waals surface area contributed by atoms with E-state index in [4.69, 9.17) is 5.73 Å². The number of nitrogens with two attached hydrogens (primary N) is 1. The summed E-state index contributed by atoms with van der Waals surface area (Å²) < 4.78 is 2.72. The molecule has 0 aliphatic heterocycles. The minimum absolute atomic E-state index is 0.530. The zero-order valence-electron chi connectivity index (χ0n) is 9.02. The van der Waals surface area contributed by atoms with Crippen LogP contribution >= 0.6 is 15.9 Å². The van der Waals surface area contributed by atoms with Gasteiger partial charge in [-0.05, 0) is 40.9 Å². The molecule has 4 nitrogen and oxygen atoms in total. The van der Waals surface area contributed by atoms with Crippen molar-refractivity contribution >= 4 is 21.9 Å². The highest BCUT2D eigenvalue weighted by Gasteiger charge is 2.10. The van der Waals surface area contributed by atoms with Gasteiger partial charge in [-0.25, -0.2) is 4.98 Å². The fourth-order valence-electron chi connectivity index (χ4n) is 1.58. The minimum Gasteiger partial charge on any atom is -0.369 e. The maximum absolute atomic E-state index is 5.72. The summed E-state index contributed by atoms with van der Waals surface area (Å²) in [5, 5.41) is 0. The highest BCUT2D eigenvalue weighted by atomic mass is 79.9. The molecule has 0 spiro atoms. The molecule has 0 amide bonds. The quantitative estimate of drug-likeness (QED) is 0.935. The van der Waals surface area contributed by atoms with Gasteiger partial charge in [0.15, 0.2) is 0 Å². The molecule has 0 saturated carbocycles. The monoisotopic (exact) mass is 280 g/mol. The highest BCUT2D eigenvalue weighted by Crippen LogP contribution is 2.19. The topological polar surface area (TPSA) is 56.7 Å². The number of rotatable bonds is 3. The van der Waals surface area contributed by atoms with Gasteiger partial charge in [-0.3, -0.25) is 4.98 Å². The minimum atomic E-state index is 0.530. The lowest BCUT2D eigenvalue weighted by molar-refractivity contribution is 0.792. The fourth-order valence-corrected chi connectivity index (χ4v) is 2.23. The van der Waals surface area contributed by atoms with Crippen LogP contribution in [0.5, 0.6) is 0 Å². The van der Waals surface area contributed by atoms with E-state index in [0.29, 0.717) is 5.95 Å². The normalized spacial score (nSPS) is 10.6. The third-order valence-electron chi connectivity index (χ3n) is 2.54. The van der Waals surface area contributed by atoms with E-state index in [-0.39, 0.29) is 0 Å². The molecular weight excluding hydrogens is 268 g/mol. The predicted molar refractivity (Wildman–Crippen MR) is 67.0 cm³/mol. The maximum Gasteiger partial charge on any atom is 0.201 e. The zero-order chi connectivity index (χ0) is 11.5. The van der Waals surface area contributed by atoms with Gasteiger partial charge in [-0.15, -0.1) is 0 Å². The number of hydrogen-bond donors (Lipinski definition) is 1. The number of nitrogens with zero attached hydrogens (tertiary/aromatic N) is 3. The zero-order valence-corrected chi connectivity index (χ0v) is 10.6. The van der Waals surface area contributed by atoms with E-state index in [0.717, 1.165) is 28.8 Å². The fraction of sp³-hybridized carbons (Fsp3) is 0.273. The summed E-state index contributed by atoms with van der Waals surface area (Å²) in [6.07, 6.45) is 3.57. The lowest BCUT2D eigenvalue weighted by Gasteiger charge is -2.03. The van der Waals surface area contributed by atoms with E-state index in [1.807, 2.05) is 36.0 Å². The Hall–Kier alpha value is -1.36. The van der Waals surface area contributed by atoms with Crippen LogP contribution in [-0.4, -0.2) is 14.5 Å². The van der Waals surface area contributed by atoms with Crippen LogP contribution in [0.15, 0.2) is 29.0 Å². The van der Waals surface area contributed by atoms with E-state index < -0.39 is 0 Å². The van der Waals surface area contributed by atoms with Crippen molar-refractivity contribution in [2.75, 3.05) is 5.73 Å². The number of anilines is 1. The third kappa shape index (κ3) is 2.24. The molecule has 2 aromatic rings. The largest absolute Gasteiger partial charge is 0.369 e. The highest BCUT2D eigenvalue weighted by molar-refractivity contribution is 9.10. The molecule has 16 heavy (non-hydrogen) atoms. The number of nitrogen functional groups attached to an aromatic ring is 1. The average Bonchev–Trinajstić information content (AvgIpc) is 2.53. The van der Waals surface area contributed by atoms with Gasteiger partial charge < -0.3 is 10.3 Å². The van der Waals surface area contributed by atoms with Crippen molar-refractivity contribution in [1.82, 2.24) is 14.5 Å². The third-order valence-corrected chi connectivity index (χ3v) is 3.18. The van der Waals surface area contributed by atoms with E-state index >= 15 is 0 Å². The number of halogens is 1. The molecule has 0 saturated heterocycles. The van der Waals surface area contributed by atoms with Crippen molar-refractivity contribution in [1.29, 1.82) is 0 Å². The van der Waals surface area contributed by atoms with Crippen LogP contribution in [0.2, 0.25) is 0 Å². The van der Waals surface area contributed by atoms with E-state index in [2.05, 4.69) is 25.9 Å². The molecule has 84 valence electrons. The summed E-state index contributed by atoms with van der Waals surface area (Å²) in [6, 6.07) is 5.93. The van der Waals surface area contributed by atoms with Crippen molar-refractivity contribution in [3.8, 4) is 0 Å². The number of aryl methyl sites for hydroxylation is 1. The first-order chi connectivity index (χ1) is 7.68. The van der Waals surface area contributed by atoms with Gasteiger partial charge in [0, 0.05) is 18.9 Å². The lowest BCUT2D eigenvalue weighted by Crippen LogP contribution is -2.03. The smallest absolute Gasteiger partial charge is 0.201 e. The van der Waals surface area contributed by atoms with Crippen LogP contribution in [0.4, 0.5) is 5.95 Å². The van der Waals surface area contributed by atoms with Crippen molar-refractivity contribution in [3.63, 3.8) is 0 Å². The SMILES string of the molecule is Cn1c(N)nc(Br)c1CCc1ccccn1. The van der Waals surface area contributed by atoms with Crippen molar-refractivity contribution < 1.29 is 0 Å². The molecule has 0 aromatic carbocycles. The Balaban J connectivity index is 2.11. The maximum atomic E-state index is 5.72. The van der Waals surface area contributed by atoms with Crippen molar-refractivity contribution in [2.24, 2.45) is 7.05 Å². The van der Waals surface area contributed by atoms with E-state index in [1.54, 1.807) is 0 Å². The second-order valence-electron chi connectivity index (χ2n) is 3.59. The summed E-state index contributed by atoms with van der Waals surface area (Å²) >= 11 is 3.41. The van der Waals surface area contributed by atoms with Gasteiger partial charge in [-0.2, -0.15) is 0 Å². The Morgan fingerprint density at radius 2 is 2.19 bits per heavy atom. The number of hydrogen-bond acceptors (Lipinski definition) is 3. The lowest BCUT2D eigenvalue weighted by atomic mass is 10.2. The summed E-state index contributed by atoms with van der Waals surface area (Å²) in [5.41, 5.74) is 7.89. The molecule has 2 N–H and O–H groups in total. The van der Waals surface area contributed by atoms with Gasteiger partial charge in [0.1, 0.15) is 4.60 Å². The Bertz CT molecular complexity index is 478. The van der Waals surface area contributed by atoms with Crippen LogP contribution in [0.1, 0.15) is 11.4 Å². The molecule has 0 aliphatic rings. The second-order valence-corrected chi connectivity index (χ2v) is 4.34. The number of imidazole rings is 1. The van der Waals surface area contributed by atoms with E-state index in [9.17, 15) is 0 Å². The molecule has 0 radical (unpaired) electrons. The Morgan fingerprint density at radius 1 is 1.38 bits per heavy atom. The van der Waals surface area contributed by atoms with Crippen LogP contribution in [0.25, 0.3) is 0 Å². The average molecular weight is 281 g/mol. The first kappa shape index (κ1) is 11.1. The number of pyridine rings is 1. The molecule has 2 aromatic heterocycles. The molecule has 2 heterocycles. The molecular formula is C11H13BrN4. The van der Waals surface area contributed by atoms with Crippen molar-refractivity contribution in [2.45, 2.75) is 12.8 Å². The van der Waals surface area contributed by atoms with Gasteiger partial charge in [0.25, 0.3) is 0 Å².